The SMILES string of the molecule is COn1c(I)c(C=O)c2ccccc21. The largest absolute Gasteiger partial charge is 0.416 e. The maximum atomic E-state index is 10.9. The number of hydrogen-bond acceptors (Lipinski definition) is 2. The van der Waals surface area contributed by atoms with Gasteiger partial charge in [-0.05, 0) is 28.7 Å². The molecule has 0 saturated carbocycles. The van der Waals surface area contributed by atoms with Gasteiger partial charge in [0.15, 0.2) is 6.29 Å². The van der Waals surface area contributed by atoms with E-state index in [0.717, 1.165) is 20.9 Å². The second-order valence-corrected chi connectivity index (χ2v) is 3.84. The van der Waals surface area contributed by atoms with Crippen molar-refractivity contribution in [1.82, 2.24) is 4.73 Å². The highest BCUT2D eigenvalue weighted by Crippen LogP contribution is 2.24. The van der Waals surface area contributed by atoms with Crippen LogP contribution in [0.3, 0.4) is 0 Å². The van der Waals surface area contributed by atoms with E-state index in [0.29, 0.717) is 5.56 Å². The van der Waals surface area contributed by atoms with Gasteiger partial charge in [-0.2, -0.15) is 4.73 Å². The van der Waals surface area contributed by atoms with Crippen molar-refractivity contribution in [2.45, 2.75) is 0 Å². The van der Waals surface area contributed by atoms with Crippen molar-refractivity contribution in [2.75, 3.05) is 7.11 Å². The smallest absolute Gasteiger partial charge is 0.153 e. The molecule has 4 heteroatoms. The normalized spacial score (nSPS) is 10.4. The molecule has 0 aliphatic rings. The third kappa shape index (κ3) is 1.21. The molecule has 0 atom stereocenters. The molecule has 14 heavy (non-hydrogen) atoms. The minimum atomic E-state index is 0.683. The summed E-state index contributed by atoms with van der Waals surface area (Å²) in [7, 11) is 1.59. The van der Waals surface area contributed by atoms with E-state index in [1.54, 1.807) is 11.8 Å². The molecule has 0 N–H and O–H groups in total. The predicted octanol–water partition coefficient (Wildman–Crippen LogP) is 2.12. The van der Waals surface area contributed by atoms with Crippen molar-refractivity contribution in [3.8, 4) is 0 Å². The number of rotatable bonds is 2. The van der Waals surface area contributed by atoms with Crippen LogP contribution >= 0.6 is 22.6 Å². The van der Waals surface area contributed by atoms with Crippen molar-refractivity contribution in [2.24, 2.45) is 0 Å². The van der Waals surface area contributed by atoms with Gasteiger partial charge in [-0.15, -0.1) is 0 Å². The Morgan fingerprint density at radius 2 is 2.14 bits per heavy atom. The van der Waals surface area contributed by atoms with Crippen molar-refractivity contribution >= 4 is 39.8 Å². The molecule has 0 spiro atoms. The summed E-state index contributed by atoms with van der Waals surface area (Å²) in [6, 6.07) is 7.67. The third-order valence-electron chi connectivity index (χ3n) is 2.11. The molecule has 0 radical (unpaired) electrons. The Morgan fingerprint density at radius 3 is 2.79 bits per heavy atom. The fourth-order valence-corrected chi connectivity index (χ4v) is 2.37. The molecule has 0 unspecified atom stereocenters. The van der Waals surface area contributed by atoms with Crippen molar-refractivity contribution in [3.63, 3.8) is 0 Å². The van der Waals surface area contributed by atoms with Gasteiger partial charge in [0.25, 0.3) is 0 Å². The second kappa shape index (κ2) is 3.61. The summed E-state index contributed by atoms with van der Waals surface area (Å²) in [6.45, 7) is 0. The number of aromatic nitrogens is 1. The Balaban J connectivity index is 2.91. The first kappa shape index (κ1) is 9.51. The highest BCUT2D eigenvalue weighted by atomic mass is 127. The predicted molar refractivity (Wildman–Crippen MR) is 62.5 cm³/mol. The minimum Gasteiger partial charge on any atom is -0.416 e. The summed E-state index contributed by atoms with van der Waals surface area (Å²) < 4.78 is 2.46. The van der Waals surface area contributed by atoms with Gasteiger partial charge in [0, 0.05) is 5.39 Å². The summed E-state index contributed by atoms with van der Waals surface area (Å²) in [5, 5.41) is 0.925. The van der Waals surface area contributed by atoms with Crippen LogP contribution in [0.15, 0.2) is 24.3 Å². The fraction of sp³-hybridized carbons (Fsp3) is 0.100. The molecule has 0 aliphatic carbocycles. The Hall–Kier alpha value is -1.04. The van der Waals surface area contributed by atoms with Crippen LogP contribution in [0, 0.1) is 3.70 Å². The van der Waals surface area contributed by atoms with E-state index in [2.05, 4.69) is 22.6 Å². The van der Waals surface area contributed by atoms with E-state index in [1.807, 2.05) is 24.3 Å². The van der Waals surface area contributed by atoms with E-state index in [-0.39, 0.29) is 0 Å². The first-order valence-electron chi connectivity index (χ1n) is 4.08. The molecule has 0 aliphatic heterocycles. The summed E-state index contributed by atoms with van der Waals surface area (Å²) in [5.74, 6) is 0. The zero-order chi connectivity index (χ0) is 10.1. The maximum absolute atomic E-state index is 10.9. The lowest BCUT2D eigenvalue weighted by Crippen LogP contribution is -2.07. The zero-order valence-corrected chi connectivity index (χ0v) is 9.69. The Kier molecular flexibility index (Phi) is 2.45. The maximum Gasteiger partial charge on any atom is 0.153 e. The highest BCUT2D eigenvalue weighted by molar-refractivity contribution is 14.1. The molecule has 1 heterocycles. The average Bonchev–Trinajstić information content (AvgIpc) is 2.49. The number of carbonyl (C=O) groups is 1. The topological polar surface area (TPSA) is 31.2 Å². The summed E-state index contributed by atoms with van der Waals surface area (Å²) in [6.07, 6.45) is 0.861. The van der Waals surface area contributed by atoms with Crippen LogP contribution < -0.4 is 4.84 Å². The number of halogens is 1. The lowest BCUT2D eigenvalue weighted by Gasteiger charge is -2.02. The average molecular weight is 301 g/mol. The molecule has 0 bridgehead atoms. The molecule has 1 aromatic heterocycles. The van der Waals surface area contributed by atoms with Crippen LogP contribution in [-0.4, -0.2) is 18.1 Å². The van der Waals surface area contributed by atoms with Crippen molar-refractivity contribution < 1.29 is 9.63 Å². The number of carbonyl (C=O) groups excluding carboxylic acids is 1. The van der Waals surface area contributed by atoms with Gasteiger partial charge in [0.2, 0.25) is 0 Å². The van der Waals surface area contributed by atoms with Crippen LogP contribution in [-0.2, 0) is 0 Å². The quantitative estimate of drug-likeness (QED) is 0.628. The van der Waals surface area contributed by atoms with Crippen LogP contribution in [0.2, 0.25) is 0 Å². The van der Waals surface area contributed by atoms with Gasteiger partial charge >= 0.3 is 0 Å². The molecule has 0 fully saturated rings. The van der Waals surface area contributed by atoms with Gasteiger partial charge in [0.1, 0.15) is 10.8 Å². The van der Waals surface area contributed by atoms with E-state index < -0.39 is 0 Å². The summed E-state index contributed by atoms with van der Waals surface area (Å²) in [4.78, 5) is 16.1. The number of nitrogens with zero attached hydrogens (tertiary/aromatic N) is 1. The molecule has 0 saturated heterocycles. The van der Waals surface area contributed by atoms with Crippen LogP contribution in [0.1, 0.15) is 10.4 Å². The third-order valence-corrected chi connectivity index (χ3v) is 3.13. The Labute approximate surface area is 94.8 Å². The van der Waals surface area contributed by atoms with Gasteiger partial charge < -0.3 is 4.84 Å². The number of hydrogen-bond donors (Lipinski definition) is 0. The minimum absolute atomic E-state index is 0.683. The Bertz CT molecular complexity index is 490. The van der Waals surface area contributed by atoms with Crippen LogP contribution in [0.4, 0.5) is 0 Å². The van der Waals surface area contributed by atoms with E-state index in [9.17, 15) is 4.79 Å². The molecule has 2 rings (SSSR count). The van der Waals surface area contributed by atoms with Gasteiger partial charge in [-0.3, -0.25) is 4.79 Å². The lowest BCUT2D eigenvalue weighted by atomic mass is 10.2. The first-order chi connectivity index (χ1) is 6.79. The van der Waals surface area contributed by atoms with E-state index in [4.69, 9.17) is 4.84 Å². The van der Waals surface area contributed by atoms with Crippen molar-refractivity contribution in [3.05, 3.63) is 33.5 Å². The molecular formula is C10H8INO2. The molecular weight excluding hydrogens is 293 g/mol. The number of benzene rings is 1. The van der Waals surface area contributed by atoms with Gasteiger partial charge in [0.05, 0.1) is 11.1 Å². The van der Waals surface area contributed by atoms with Crippen LogP contribution in [0.25, 0.3) is 10.9 Å². The molecule has 0 amide bonds. The van der Waals surface area contributed by atoms with E-state index in [1.165, 1.54) is 0 Å². The number of para-hydroxylation sites is 1. The van der Waals surface area contributed by atoms with Gasteiger partial charge in [-0.1, -0.05) is 18.2 Å². The lowest BCUT2D eigenvalue weighted by molar-refractivity contribution is 0.112. The molecule has 72 valence electrons. The van der Waals surface area contributed by atoms with Crippen LogP contribution in [0.5, 0.6) is 0 Å². The van der Waals surface area contributed by atoms with Crippen molar-refractivity contribution in [1.29, 1.82) is 0 Å². The van der Waals surface area contributed by atoms with E-state index >= 15 is 0 Å². The molecule has 2 aromatic rings. The van der Waals surface area contributed by atoms with Gasteiger partial charge in [-0.25, -0.2) is 0 Å². The standard InChI is InChI=1S/C10H8INO2/c1-14-12-9-5-3-2-4-7(9)8(6-13)10(12)11/h2-6H,1H3. The summed E-state index contributed by atoms with van der Waals surface area (Å²) >= 11 is 2.10. The monoisotopic (exact) mass is 301 g/mol. The number of aldehydes is 1. The second-order valence-electron chi connectivity index (χ2n) is 2.82. The zero-order valence-electron chi connectivity index (χ0n) is 7.53. The summed E-state index contributed by atoms with van der Waals surface area (Å²) in [5.41, 5.74) is 1.60. The molecule has 3 nitrogen and oxygen atoms in total. The Morgan fingerprint density at radius 1 is 1.43 bits per heavy atom. The molecule has 1 aromatic carbocycles. The number of fused-ring (bicyclic) bond motifs is 1. The highest BCUT2D eigenvalue weighted by Gasteiger charge is 2.13. The first-order valence-corrected chi connectivity index (χ1v) is 5.16. The fourth-order valence-electron chi connectivity index (χ4n) is 1.50.